The van der Waals surface area contributed by atoms with Crippen molar-refractivity contribution < 1.29 is 0 Å². The monoisotopic (exact) mass is 328 g/mol. The molecule has 2 aromatic rings. The normalized spacial score (nSPS) is 12.3. The highest BCUT2D eigenvalue weighted by atomic mass is 35.5. The zero-order chi connectivity index (χ0) is 15.6. The summed E-state index contributed by atoms with van der Waals surface area (Å²) in [6.45, 7) is 4.30. The van der Waals surface area contributed by atoms with E-state index in [9.17, 15) is 9.59 Å². The van der Waals surface area contributed by atoms with Gasteiger partial charge in [0.05, 0.1) is 0 Å². The SMILES string of the molecule is CCCSc1nc2c(c(=O)[nH]c(=O)n2C)n1CC=C(C)Cl. The molecule has 2 heterocycles. The van der Waals surface area contributed by atoms with Gasteiger partial charge in [-0.3, -0.25) is 14.3 Å². The number of halogens is 1. The molecule has 0 radical (unpaired) electrons. The number of thioether (sulfide) groups is 1. The molecule has 0 atom stereocenters. The molecule has 0 aromatic carbocycles. The number of H-pyrrole nitrogens is 1. The number of rotatable bonds is 5. The van der Waals surface area contributed by atoms with E-state index in [1.54, 1.807) is 30.3 Å². The lowest BCUT2D eigenvalue weighted by Gasteiger charge is -2.05. The van der Waals surface area contributed by atoms with Crippen molar-refractivity contribution in [3.63, 3.8) is 0 Å². The first-order chi connectivity index (χ1) is 9.95. The Hall–Kier alpha value is -1.47. The summed E-state index contributed by atoms with van der Waals surface area (Å²) in [6.07, 6.45) is 2.80. The summed E-state index contributed by atoms with van der Waals surface area (Å²) in [5.74, 6) is 0.888. The zero-order valence-corrected chi connectivity index (χ0v) is 13.7. The van der Waals surface area contributed by atoms with Gasteiger partial charge in [-0.2, -0.15) is 0 Å². The summed E-state index contributed by atoms with van der Waals surface area (Å²) in [4.78, 5) is 30.5. The standard InChI is InChI=1S/C13H17ClN4O2S/c1-4-7-21-13-15-10-9(18(13)6-5-8(2)14)11(19)16-12(20)17(10)3/h5H,4,6-7H2,1-3H3,(H,16,19,20). The average molecular weight is 329 g/mol. The highest BCUT2D eigenvalue weighted by molar-refractivity contribution is 7.99. The van der Waals surface area contributed by atoms with Crippen molar-refractivity contribution in [2.24, 2.45) is 7.05 Å². The first-order valence-corrected chi connectivity index (χ1v) is 7.96. The van der Waals surface area contributed by atoms with Gasteiger partial charge in [0.15, 0.2) is 16.3 Å². The van der Waals surface area contributed by atoms with Gasteiger partial charge in [0, 0.05) is 24.4 Å². The van der Waals surface area contributed by atoms with Crippen LogP contribution in [0.4, 0.5) is 0 Å². The van der Waals surface area contributed by atoms with Crippen LogP contribution in [0.5, 0.6) is 0 Å². The number of fused-ring (bicyclic) bond motifs is 1. The van der Waals surface area contributed by atoms with Gasteiger partial charge in [-0.15, -0.1) is 0 Å². The van der Waals surface area contributed by atoms with Gasteiger partial charge in [-0.25, -0.2) is 9.78 Å². The molecule has 2 rings (SSSR count). The van der Waals surface area contributed by atoms with E-state index in [1.165, 1.54) is 4.57 Å². The number of hydrogen-bond donors (Lipinski definition) is 1. The molecule has 0 fully saturated rings. The summed E-state index contributed by atoms with van der Waals surface area (Å²) in [5, 5.41) is 1.36. The molecule has 0 saturated heterocycles. The molecule has 114 valence electrons. The number of nitrogens with zero attached hydrogens (tertiary/aromatic N) is 3. The van der Waals surface area contributed by atoms with Crippen molar-refractivity contribution in [3.05, 3.63) is 31.9 Å². The molecule has 0 saturated carbocycles. The Bertz CT molecular complexity index is 799. The molecule has 0 aliphatic carbocycles. The predicted molar refractivity (Wildman–Crippen MR) is 86.2 cm³/mol. The molecule has 0 aliphatic rings. The fourth-order valence-electron chi connectivity index (χ4n) is 1.90. The van der Waals surface area contributed by atoms with Crippen molar-refractivity contribution in [1.29, 1.82) is 0 Å². The summed E-state index contributed by atoms with van der Waals surface area (Å²) in [5.41, 5.74) is -0.106. The number of aromatic nitrogens is 4. The predicted octanol–water partition coefficient (Wildman–Crippen LogP) is 2.07. The second-order valence-corrected chi connectivity index (χ2v) is 6.29. The molecule has 0 bridgehead atoms. The van der Waals surface area contributed by atoms with Gasteiger partial charge in [-0.1, -0.05) is 36.4 Å². The Balaban J connectivity index is 2.70. The molecule has 8 heteroatoms. The Morgan fingerprint density at radius 3 is 2.81 bits per heavy atom. The number of allylic oxidation sites excluding steroid dienone is 2. The van der Waals surface area contributed by atoms with Gasteiger partial charge in [0.25, 0.3) is 5.56 Å². The third-order valence-electron chi connectivity index (χ3n) is 2.96. The van der Waals surface area contributed by atoms with Crippen LogP contribution in [0.15, 0.2) is 25.9 Å². The van der Waals surface area contributed by atoms with E-state index < -0.39 is 11.2 Å². The third kappa shape index (κ3) is 3.24. The van der Waals surface area contributed by atoms with Gasteiger partial charge in [0.1, 0.15) is 0 Å². The van der Waals surface area contributed by atoms with E-state index in [4.69, 9.17) is 11.6 Å². The molecular weight excluding hydrogens is 312 g/mol. The third-order valence-corrected chi connectivity index (χ3v) is 4.30. The van der Waals surface area contributed by atoms with E-state index in [1.807, 2.05) is 6.08 Å². The van der Waals surface area contributed by atoms with Gasteiger partial charge in [-0.05, 0) is 13.3 Å². The molecule has 2 aromatic heterocycles. The zero-order valence-electron chi connectivity index (χ0n) is 12.1. The van der Waals surface area contributed by atoms with Crippen LogP contribution in [0.2, 0.25) is 0 Å². The quantitative estimate of drug-likeness (QED) is 0.853. The maximum Gasteiger partial charge on any atom is 0.329 e. The summed E-state index contributed by atoms with van der Waals surface area (Å²) < 4.78 is 3.14. The topological polar surface area (TPSA) is 72.7 Å². The highest BCUT2D eigenvalue weighted by Crippen LogP contribution is 2.22. The Kier molecular flexibility index (Phi) is 4.95. The van der Waals surface area contributed by atoms with Gasteiger partial charge in [0.2, 0.25) is 0 Å². The molecule has 0 spiro atoms. The minimum Gasteiger partial charge on any atom is -0.309 e. The molecule has 0 unspecified atom stereocenters. The Morgan fingerprint density at radius 1 is 1.48 bits per heavy atom. The first-order valence-electron chi connectivity index (χ1n) is 6.60. The van der Waals surface area contributed by atoms with Crippen molar-refractivity contribution >= 4 is 34.5 Å². The average Bonchev–Trinajstić information content (AvgIpc) is 2.79. The van der Waals surface area contributed by atoms with Crippen LogP contribution in [-0.4, -0.2) is 24.9 Å². The van der Waals surface area contributed by atoms with Crippen LogP contribution < -0.4 is 11.2 Å². The number of hydrogen-bond acceptors (Lipinski definition) is 4. The fourth-order valence-corrected chi connectivity index (χ4v) is 2.83. The van der Waals surface area contributed by atoms with Crippen molar-refractivity contribution in [2.45, 2.75) is 32.0 Å². The van der Waals surface area contributed by atoms with Crippen molar-refractivity contribution in [1.82, 2.24) is 19.1 Å². The van der Waals surface area contributed by atoms with E-state index in [0.29, 0.717) is 27.9 Å². The fraction of sp³-hybridized carbons (Fsp3) is 0.462. The van der Waals surface area contributed by atoms with Crippen molar-refractivity contribution in [3.8, 4) is 0 Å². The number of imidazole rings is 1. The van der Waals surface area contributed by atoms with Crippen LogP contribution in [0, 0.1) is 0 Å². The smallest absolute Gasteiger partial charge is 0.309 e. The Morgan fingerprint density at radius 2 is 2.19 bits per heavy atom. The maximum atomic E-state index is 12.1. The molecular formula is C13H17ClN4O2S. The number of aryl methyl sites for hydroxylation is 1. The van der Waals surface area contributed by atoms with Crippen LogP contribution in [-0.2, 0) is 13.6 Å². The van der Waals surface area contributed by atoms with Crippen LogP contribution in [0.1, 0.15) is 20.3 Å². The number of nitrogens with one attached hydrogen (secondary N) is 1. The van der Waals surface area contributed by atoms with Crippen molar-refractivity contribution in [2.75, 3.05) is 5.75 Å². The van der Waals surface area contributed by atoms with Gasteiger partial charge >= 0.3 is 5.69 Å². The molecule has 0 aliphatic heterocycles. The molecule has 1 N–H and O–H groups in total. The number of aromatic amines is 1. The second-order valence-electron chi connectivity index (χ2n) is 4.63. The lowest BCUT2D eigenvalue weighted by Crippen LogP contribution is -2.29. The van der Waals surface area contributed by atoms with E-state index in [0.717, 1.165) is 12.2 Å². The van der Waals surface area contributed by atoms with E-state index in [2.05, 4.69) is 16.9 Å². The lowest BCUT2D eigenvalue weighted by atomic mass is 10.4. The Labute approximate surface area is 130 Å². The molecule has 21 heavy (non-hydrogen) atoms. The second kappa shape index (κ2) is 6.53. The summed E-state index contributed by atoms with van der Waals surface area (Å²) >= 11 is 7.44. The van der Waals surface area contributed by atoms with Crippen LogP contribution >= 0.6 is 23.4 Å². The minimum atomic E-state index is -0.465. The lowest BCUT2D eigenvalue weighted by molar-refractivity contribution is 0.742. The van der Waals surface area contributed by atoms with Crippen LogP contribution in [0.25, 0.3) is 11.2 Å². The van der Waals surface area contributed by atoms with E-state index >= 15 is 0 Å². The highest BCUT2D eigenvalue weighted by Gasteiger charge is 2.16. The van der Waals surface area contributed by atoms with Gasteiger partial charge < -0.3 is 4.57 Å². The first kappa shape index (κ1) is 15.9. The maximum absolute atomic E-state index is 12.1. The summed E-state index contributed by atoms with van der Waals surface area (Å²) in [7, 11) is 1.59. The largest absolute Gasteiger partial charge is 0.329 e. The minimum absolute atomic E-state index is 0.392. The van der Waals surface area contributed by atoms with E-state index in [-0.39, 0.29) is 0 Å². The summed E-state index contributed by atoms with van der Waals surface area (Å²) in [6, 6.07) is 0. The van der Waals surface area contributed by atoms with Crippen LogP contribution in [0.3, 0.4) is 0 Å². The molecule has 6 nitrogen and oxygen atoms in total. The molecule has 0 amide bonds.